The van der Waals surface area contributed by atoms with E-state index in [1.165, 1.54) is 89.9 Å². The first-order valence-electron chi connectivity index (χ1n) is 19.1. The van der Waals surface area contributed by atoms with Gasteiger partial charge in [-0.25, -0.2) is 0 Å². The van der Waals surface area contributed by atoms with Crippen LogP contribution in [0.2, 0.25) is 0 Å². The molecule has 0 N–H and O–H groups in total. The number of ether oxygens (including phenoxy) is 3. The maximum absolute atomic E-state index is 12.8. The van der Waals surface area contributed by atoms with Gasteiger partial charge in [-0.3, -0.25) is 14.5 Å². The lowest BCUT2D eigenvalue weighted by Gasteiger charge is -2.31. The molecule has 0 aliphatic carbocycles. The number of fused-ring (bicyclic) bond motifs is 1. The molecule has 262 valence electrons. The monoisotopic (exact) mass is 642 g/mol. The third-order valence-electron chi connectivity index (χ3n) is 10.4. The van der Waals surface area contributed by atoms with E-state index in [4.69, 9.17) is 14.2 Å². The summed E-state index contributed by atoms with van der Waals surface area (Å²) in [6, 6.07) is 0. The molecule has 0 aromatic heterocycles. The van der Waals surface area contributed by atoms with Crippen LogP contribution in [-0.4, -0.2) is 49.2 Å². The molecule has 6 heteroatoms. The summed E-state index contributed by atoms with van der Waals surface area (Å²) in [7, 11) is 0. The Balaban J connectivity index is 1.33. The highest BCUT2D eigenvalue weighted by Crippen LogP contribution is 2.42. The predicted octanol–water partition coefficient (Wildman–Crippen LogP) is 9.99. The van der Waals surface area contributed by atoms with Crippen LogP contribution in [-0.2, 0) is 20.7 Å². The predicted molar refractivity (Wildman–Crippen MR) is 189 cm³/mol. The van der Waals surface area contributed by atoms with Gasteiger partial charge in [0, 0.05) is 12.1 Å². The van der Waals surface area contributed by atoms with Crippen LogP contribution >= 0.6 is 0 Å². The number of piperidine rings is 1. The van der Waals surface area contributed by atoms with Crippen LogP contribution in [0.5, 0.6) is 11.5 Å². The number of nitrogens with zero attached hydrogens (tertiary/aromatic N) is 1. The second kappa shape index (κ2) is 21.0. The van der Waals surface area contributed by atoms with Gasteiger partial charge in [-0.1, -0.05) is 91.4 Å². The third kappa shape index (κ3) is 13.2. The lowest BCUT2D eigenvalue weighted by Crippen LogP contribution is -2.36. The van der Waals surface area contributed by atoms with Crippen molar-refractivity contribution in [2.75, 3.05) is 26.2 Å². The van der Waals surface area contributed by atoms with Crippen molar-refractivity contribution in [2.45, 2.75) is 170 Å². The zero-order chi connectivity index (χ0) is 33.3. The number of hydrogen-bond acceptors (Lipinski definition) is 6. The van der Waals surface area contributed by atoms with Gasteiger partial charge in [0.25, 0.3) is 0 Å². The second-order valence-corrected chi connectivity index (χ2v) is 14.7. The summed E-state index contributed by atoms with van der Waals surface area (Å²) in [6.07, 6.45) is 22.0. The number of benzene rings is 1. The minimum Gasteiger partial charge on any atom is -0.490 e. The molecule has 0 spiro atoms. The first-order valence-corrected chi connectivity index (χ1v) is 19.1. The molecule has 1 unspecified atom stereocenters. The molecule has 1 aromatic carbocycles. The lowest BCUT2D eigenvalue weighted by atomic mass is 9.90. The number of carbonyl (C=O) groups is 2. The highest BCUT2D eigenvalue weighted by atomic mass is 16.5. The van der Waals surface area contributed by atoms with E-state index in [0.717, 1.165) is 78.7 Å². The van der Waals surface area contributed by atoms with Gasteiger partial charge in [0.15, 0.2) is 0 Å². The summed E-state index contributed by atoms with van der Waals surface area (Å²) >= 11 is 0. The number of carbonyl (C=O) groups excluding carboxylic acids is 2. The van der Waals surface area contributed by atoms with E-state index in [0.29, 0.717) is 12.4 Å². The fourth-order valence-corrected chi connectivity index (χ4v) is 7.30. The van der Waals surface area contributed by atoms with Crippen LogP contribution in [0.15, 0.2) is 0 Å². The van der Waals surface area contributed by atoms with Crippen molar-refractivity contribution in [3.8, 4) is 11.5 Å². The van der Waals surface area contributed by atoms with Crippen molar-refractivity contribution < 1.29 is 23.8 Å². The summed E-state index contributed by atoms with van der Waals surface area (Å²) in [4.78, 5) is 27.5. The van der Waals surface area contributed by atoms with Crippen molar-refractivity contribution in [3.05, 3.63) is 22.3 Å². The summed E-state index contributed by atoms with van der Waals surface area (Å²) in [6.45, 7) is 16.3. The molecular formula is C40H67NO5. The van der Waals surface area contributed by atoms with E-state index in [2.05, 4.69) is 32.6 Å². The molecule has 1 aromatic rings. The molecule has 1 atom stereocenters. The Morgan fingerprint density at radius 2 is 1.43 bits per heavy atom. The van der Waals surface area contributed by atoms with Crippen molar-refractivity contribution in [1.29, 1.82) is 0 Å². The zero-order valence-corrected chi connectivity index (χ0v) is 30.5. The first-order chi connectivity index (χ1) is 22.2. The van der Waals surface area contributed by atoms with Crippen LogP contribution < -0.4 is 9.47 Å². The number of likely N-dealkylation sites (tertiary alicyclic amines) is 1. The molecule has 1 saturated heterocycles. The van der Waals surface area contributed by atoms with Gasteiger partial charge in [0.2, 0.25) is 0 Å². The fourth-order valence-electron chi connectivity index (χ4n) is 7.30. The Hall–Kier alpha value is -2.08. The highest BCUT2D eigenvalue weighted by molar-refractivity contribution is 5.80. The molecule has 0 radical (unpaired) electrons. The molecule has 6 nitrogen and oxygen atoms in total. The molecule has 1 fully saturated rings. The first kappa shape index (κ1) is 38.4. The van der Waals surface area contributed by atoms with Gasteiger partial charge in [-0.2, -0.15) is 0 Å². The molecule has 2 heterocycles. The van der Waals surface area contributed by atoms with E-state index in [1.54, 1.807) is 0 Å². The average molecular weight is 642 g/mol. The quantitative estimate of drug-likeness (QED) is 0.0756. The van der Waals surface area contributed by atoms with Crippen molar-refractivity contribution >= 4 is 11.9 Å². The topological polar surface area (TPSA) is 65.1 Å². The number of esters is 2. The lowest BCUT2D eigenvalue weighted by molar-refractivity contribution is -0.147. The van der Waals surface area contributed by atoms with Crippen LogP contribution in [0.25, 0.3) is 0 Å². The standard InChI is InChI=1S/C40H67NO5/c1-7-17-34-24-26-41(27-25-34)28-29-44-37(42)22-23-38(43)46-39-31(4)32(5)40-36(33(39)6)21-20-35(45-40)19-16-14-12-10-8-9-11-13-15-18-30(2)3/h30,34-35H,7-29H2,1-6H3. The maximum atomic E-state index is 12.8. The number of unbranched alkanes of at least 4 members (excludes halogenated alkanes) is 8. The molecule has 0 saturated carbocycles. The number of rotatable bonds is 21. The fraction of sp³-hybridized carbons (Fsp3) is 0.800. The van der Waals surface area contributed by atoms with Crippen molar-refractivity contribution in [1.82, 2.24) is 4.90 Å². The maximum Gasteiger partial charge on any atom is 0.311 e. The normalized spacial score (nSPS) is 17.2. The van der Waals surface area contributed by atoms with Gasteiger partial charge in [-0.05, 0) is 101 Å². The third-order valence-corrected chi connectivity index (χ3v) is 10.4. The Kier molecular flexibility index (Phi) is 17.5. The molecule has 2 aliphatic rings. The Morgan fingerprint density at radius 3 is 2.09 bits per heavy atom. The largest absolute Gasteiger partial charge is 0.490 e. The summed E-state index contributed by atoms with van der Waals surface area (Å²) < 4.78 is 17.9. The van der Waals surface area contributed by atoms with E-state index in [1.807, 2.05) is 13.8 Å². The van der Waals surface area contributed by atoms with E-state index in [9.17, 15) is 9.59 Å². The van der Waals surface area contributed by atoms with Gasteiger partial charge in [0.05, 0.1) is 18.9 Å². The second-order valence-electron chi connectivity index (χ2n) is 14.7. The molecule has 0 amide bonds. The zero-order valence-electron chi connectivity index (χ0n) is 30.5. The van der Waals surface area contributed by atoms with Crippen LogP contribution in [0.3, 0.4) is 0 Å². The molecule has 2 aliphatic heterocycles. The highest BCUT2D eigenvalue weighted by Gasteiger charge is 2.27. The van der Waals surface area contributed by atoms with Gasteiger partial charge < -0.3 is 14.2 Å². The van der Waals surface area contributed by atoms with E-state index in [-0.39, 0.29) is 30.9 Å². The minimum absolute atomic E-state index is 0.0210. The van der Waals surface area contributed by atoms with Crippen molar-refractivity contribution in [2.24, 2.45) is 11.8 Å². The van der Waals surface area contributed by atoms with Gasteiger partial charge >= 0.3 is 11.9 Å². The van der Waals surface area contributed by atoms with Gasteiger partial charge in [-0.15, -0.1) is 0 Å². The Labute approximate surface area is 281 Å². The summed E-state index contributed by atoms with van der Waals surface area (Å²) in [5.41, 5.74) is 4.15. The van der Waals surface area contributed by atoms with Gasteiger partial charge in [0.1, 0.15) is 18.1 Å². The molecular weight excluding hydrogens is 574 g/mol. The molecule has 3 rings (SSSR count). The number of hydrogen-bond donors (Lipinski definition) is 0. The Bertz CT molecular complexity index is 1060. The van der Waals surface area contributed by atoms with E-state index < -0.39 is 0 Å². The SMILES string of the molecule is CCCC1CCN(CCOC(=O)CCC(=O)Oc2c(C)c(C)c3c(c2C)CCC(CCCCCCCCCCCC(C)C)O3)CC1. The summed E-state index contributed by atoms with van der Waals surface area (Å²) in [5, 5.41) is 0. The van der Waals surface area contributed by atoms with Crippen LogP contribution in [0, 0.1) is 32.6 Å². The average Bonchev–Trinajstić information content (AvgIpc) is 3.04. The smallest absolute Gasteiger partial charge is 0.311 e. The van der Waals surface area contributed by atoms with E-state index >= 15 is 0 Å². The summed E-state index contributed by atoms with van der Waals surface area (Å²) in [5.74, 6) is 2.58. The molecule has 46 heavy (non-hydrogen) atoms. The van der Waals surface area contributed by atoms with Crippen LogP contribution in [0.1, 0.15) is 159 Å². The minimum atomic E-state index is -0.388. The van der Waals surface area contributed by atoms with Crippen molar-refractivity contribution in [3.63, 3.8) is 0 Å². The molecule has 0 bridgehead atoms. The Morgan fingerprint density at radius 1 is 0.804 bits per heavy atom. The van der Waals surface area contributed by atoms with Crippen LogP contribution in [0.4, 0.5) is 0 Å².